The number of aliphatic imine (C=N–C) groups is 1. The number of benzene rings is 2. The summed E-state index contributed by atoms with van der Waals surface area (Å²) in [5, 5.41) is 5.76. The third-order valence-electron chi connectivity index (χ3n) is 6.16. The molecule has 234 valence electrons. The summed E-state index contributed by atoms with van der Waals surface area (Å²) in [5.74, 6) is -0.765. The summed E-state index contributed by atoms with van der Waals surface area (Å²) < 4.78 is 10.5. The summed E-state index contributed by atoms with van der Waals surface area (Å²) in [6.45, 7) is 10.5. The van der Waals surface area contributed by atoms with Crippen molar-refractivity contribution in [1.29, 1.82) is 0 Å². The summed E-state index contributed by atoms with van der Waals surface area (Å²) in [6, 6.07) is 21.2. The van der Waals surface area contributed by atoms with E-state index >= 15 is 0 Å². The predicted molar refractivity (Wildman–Crippen MR) is 173 cm³/mol. The highest BCUT2D eigenvalue weighted by atomic mass is 16.6. The van der Waals surface area contributed by atoms with Crippen LogP contribution in [0.3, 0.4) is 0 Å². The number of nitrogens with two attached hydrogens (primary N) is 1. The molecule has 2 aromatic carbocycles. The van der Waals surface area contributed by atoms with E-state index in [9.17, 15) is 14.4 Å². The second kappa shape index (κ2) is 13.5. The van der Waals surface area contributed by atoms with Crippen molar-refractivity contribution in [2.45, 2.75) is 59.3 Å². The molecule has 0 saturated heterocycles. The maximum atomic E-state index is 12.5. The summed E-state index contributed by atoms with van der Waals surface area (Å²) in [6.07, 6.45) is 0.334. The Bertz CT molecular complexity index is 1720. The van der Waals surface area contributed by atoms with E-state index in [-0.39, 0.29) is 18.1 Å². The number of amides is 3. The Kier molecular flexibility index (Phi) is 9.81. The van der Waals surface area contributed by atoms with Gasteiger partial charge in [-0.3, -0.25) is 9.78 Å². The van der Waals surface area contributed by atoms with E-state index < -0.39 is 29.3 Å². The molecule has 3 amide bonds. The Morgan fingerprint density at radius 2 is 1.44 bits per heavy atom. The molecule has 4 rings (SSSR count). The zero-order valence-electron chi connectivity index (χ0n) is 26.3. The number of fused-ring (bicyclic) bond motifs is 1. The van der Waals surface area contributed by atoms with E-state index in [0.717, 1.165) is 27.9 Å². The molecule has 45 heavy (non-hydrogen) atoms. The minimum absolute atomic E-state index is 0.105. The number of amidine groups is 1. The molecule has 11 nitrogen and oxygen atoms in total. The number of hydrogen-bond donors (Lipinski definition) is 3. The van der Waals surface area contributed by atoms with Crippen LogP contribution in [0, 0.1) is 0 Å². The quantitative estimate of drug-likeness (QED) is 0.176. The Balaban J connectivity index is 1.64. The van der Waals surface area contributed by atoms with E-state index in [1.54, 1.807) is 33.0 Å². The van der Waals surface area contributed by atoms with Crippen LogP contribution in [-0.4, -0.2) is 51.6 Å². The molecular weight excluding hydrogens is 572 g/mol. The van der Waals surface area contributed by atoms with Crippen LogP contribution >= 0.6 is 0 Å². The summed E-state index contributed by atoms with van der Waals surface area (Å²) in [7, 11) is 0. The van der Waals surface area contributed by atoms with Gasteiger partial charge in [-0.05, 0) is 64.8 Å². The Morgan fingerprint density at radius 3 is 2.07 bits per heavy atom. The average Bonchev–Trinajstić information content (AvgIpc) is 2.97. The van der Waals surface area contributed by atoms with Gasteiger partial charge in [-0.15, -0.1) is 0 Å². The van der Waals surface area contributed by atoms with Crippen LogP contribution in [-0.2, 0) is 20.8 Å². The number of carbonyl (C=O) groups is 3. The first kappa shape index (κ1) is 32.6. The number of aromatic nitrogens is 2. The fourth-order valence-corrected chi connectivity index (χ4v) is 4.32. The lowest BCUT2D eigenvalue weighted by Crippen LogP contribution is -2.35. The molecule has 0 aliphatic carbocycles. The van der Waals surface area contributed by atoms with Gasteiger partial charge in [-0.25, -0.2) is 14.6 Å². The SMILES string of the molecule is CC(C)(C)OC(=O)NCC(=O)N=C(N)c1nccc2nc(-c3ccc(CNC(=O)OC(C)(C)C)cc3)c(-c3ccccc3)cc12. The number of nitrogens with one attached hydrogen (secondary N) is 2. The largest absolute Gasteiger partial charge is 0.444 e. The highest BCUT2D eigenvalue weighted by molar-refractivity contribution is 6.11. The number of pyridine rings is 2. The van der Waals surface area contributed by atoms with Crippen LogP contribution < -0.4 is 16.4 Å². The van der Waals surface area contributed by atoms with E-state index in [4.69, 9.17) is 20.2 Å². The van der Waals surface area contributed by atoms with Crippen molar-refractivity contribution < 1.29 is 23.9 Å². The third kappa shape index (κ3) is 9.33. The van der Waals surface area contributed by atoms with Gasteiger partial charge in [-0.2, -0.15) is 4.99 Å². The van der Waals surface area contributed by atoms with Crippen LogP contribution in [0.5, 0.6) is 0 Å². The fraction of sp³-hybridized carbons (Fsp3) is 0.294. The van der Waals surface area contributed by atoms with Crippen molar-refractivity contribution in [3.05, 3.63) is 84.2 Å². The molecule has 0 atom stereocenters. The van der Waals surface area contributed by atoms with Gasteiger partial charge in [0.2, 0.25) is 0 Å². The normalized spacial score (nSPS) is 12.0. The molecule has 0 saturated carbocycles. The van der Waals surface area contributed by atoms with Crippen LogP contribution in [0.1, 0.15) is 52.8 Å². The number of ether oxygens (including phenoxy) is 2. The first-order chi connectivity index (χ1) is 21.2. The van der Waals surface area contributed by atoms with Gasteiger partial charge in [0.25, 0.3) is 5.91 Å². The van der Waals surface area contributed by atoms with Crippen molar-refractivity contribution in [1.82, 2.24) is 20.6 Å². The number of carbonyl (C=O) groups excluding carboxylic acids is 3. The van der Waals surface area contributed by atoms with Crippen molar-refractivity contribution in [2.24, 2.45) is 10.7 Å². The highest BCUT2D eigenvalue weighted by Crippen LogP contribution is 2.34. The zero-order valence-corrected chi connectivity index (χ0v) is 26.3. The van der Waals surface area contributed by atoms with Crippen molar-refractivity contribution in [2.75, 3.05) is 6.54 Å². The van der Waals surface area contributed by atoms with Crippen molar-refractivity contribution in [3.8, 4) is 22.4 Å². The number of hydrogen-bond acceptors (Lipinski definition) is 7. The number of nitrogens with zero attached hydrogens (tertiary/aromatic N) is 3. The van der Waals surface area contributed by atoms with Gasteiger partial charge in [0.05, 0.1) is 11.2 Å². The fourth-order valence-electron chi connectivity index (χ4n) is 4.32. The minimum Gasteiger partial charge on any atom is -0.444 e. The van der Waals surface area contributed by atoms with Crippen LogP contribution in [0.4, 0.5) is 9.59 Å². The second-order valence-electron chi connectivity index (χ2n) is 12.3. The van der Waals surface area contributed by atoms with Crippen LogP contribution in [0.2, 0.25) is 0 Å². The molecule has 4 N–H and O–H groups in total. The third-order valence-corrected chi connectivity index (χ3v) is 6.16. The molecule has 0 fully saturated rings. The van der Waals surface area contributed by atoms with Gasteiger partial charge in [-0.1, -0.05) is 54.6 Å². The predicted octanol–water partition coefficient (Wildman–Crippen LogP) is 5.75. The van der Waals surface area contributed by atoms with Gasteiger partial charge in [0, 0.05) is 29.3 Å². The molecule has 4 aromatic rings. The second-order valence-corrected chi connectivity index (χ2v) is 12.3. The first-order valence-corrected chi connectivity index (χ1v) is 14.4. The topological polar surface area (TPSA) is 158 Å². The van der Waals surface area contributed by atoms with E-state index in [1.165, 1.54) is 0 Å². The van der Waals surface area contributed by atoms with Gasteiger partial charge < -0.3 is 25.8 Å². The number of rotatable bonds is 7. The van der Waals surface area contributed by atoms with Crippen molar-refractivity contribution >= 4 is 34.8 Å². The molecule has 0 spiro atoms. The minimum atomic E-state index is -0.732. The zero-order chi connectivity index (χ0) is 32.8. The van der Waals surface area contributed by atoms with E-state index in [1.807, 2.05) is 81.4 Å². The average molecular weight is 611 g/mol. The lowest BCUT2D eigenvalue weighted by Gasteiger charge is -2.19. The first-order valence-electron chi connectivity index (χ1n) is 14.4. The molecule has 0 aliphatic rings. The smallest absolute Gasteiger partial charge is 0.408 e. The summed E-state index contributed by atoms with van der Waals surface area (Å²) in [5.41, 5.74) is 10.1. The highest BCUT2D eigenvalue weighted by Gasteiger charge is 2.19. The lowest BCUT2D eigenvalue weighted by atomic mass is 9.96. The lowest BCUT2D eigenvalue weighted by molar-refractivity contribution is -0.117. The number of alkyl carbamates (subject to hydrolysis) is 2. The monoisotopic (exact) mass is 610 g/mol. The Morgan fingerprint density at radius 1 is 0.822 bits per heavy atom. The van der Waals surface area contributed by atoms with Crippen LogP contribution in [0.25, 0.3) is 33.3 Å². The molecule has 11 heteroatoms. The molecular formula is C34H38N6O5. The van der Waals surface area contributed by atoms with Gasteiger partial charge in [0.1, 0.15) is 23.4 Å². The Labute approximate surface area is 262 Å². The molecule has 2 aromatic heterocycles. The summed E-state index contributed by atoms with van der Waals surface area (Å²) >= 11 is 0. The molecule has 2 heterocycles. The molecule has 0 radical (unpaired) electrons. The van der Waals surface area contributed by atoms with Crippen LogP contribution in [0.15, 0.2) is 77.9 Å². The molecule has 0 aliphatic heterocycles. The molecule has 0 unspecified atom stereocenters. The van der Waals surface area contributed by atoms with E-state index in [0.29, 0.717) is 17.4 Å². The summed E-state index contributed by atoms with van der Waals surface area (Å²) in [4.78, 5) is 49.9. The van der Waals surface area contributed by atoms with Crippen molar-refractivity contribution in [3.63, 3.8) is 0 Å². The maximum absolute atomic E-state index is 12.5. The van der Waals surface area contributed by atoms with E-state index in [2.05, 4.69) is 20.6 Å². The molecule has 0 bridgehead atoms. The Hall–Kier alpha value is -5.32. The maximum Gasteiger partial charge on any atom is 0.408 e. The van der Waals surface area contributed by atoms with Gasteiger partial charge in [0.15, 0.2) is 5.84 Å². The van der Waals surface area contributed by atoms with Gasteiger partial charge >= 0.3 is 12.2 Å². The standard InChI is InChI=1S/C34H38N6O5/c1-33(2,3)44-31(42)37-19-21-12-14-23(15-13-21)28-24(22-10-8-7-9-11-22)18-25-26(39-28)16-17-36-29(25)30(35)40-27(41)20-38-32(43)45-34(4,5)6/h7-18H,19-20H2,1-6H3,(H,37,42)(H,38,43)(H2,35,40,41).